The van der Waals surface area contributed by atoms with Crippen molar-refractivity contribution in [1.82, 2.24) is 0 Å². The summed E-state index contributed by atoms with van der Waals surface area (Å²) in [7, 11) is 0. The summed E-state index contributed by atoms with van der Waals surface area (Å²) in [5.41, 5.74) is 2.46. The van der Waals surface area contributed by atoms with Crippen LogP contribution in [0.4, 0.5) is 0 Å². The van der Waals surface area contributed by atoms with Gasteiger partial charge < -0.3 is 0 Å². The first kappa shape index (κ1) is 8.31. The second kappa shape index (κ2) is 1.95. The predicted molar refractivity (Wildman–Crippen MR) is 49.0 cm³/mol. The zero-order valence-corrected chi connectivity index (χ0v) is 8.46. The first-order valence-corrected chi connectivity index (χ1v) is 4.73. The third-order valence-corrected chi connectivity index (χ3v) is 3.94. The van der Waals surface area contributed by atoms with Gasteiger partial charge in [-0.05, 0) is 36.9 Å². The van der Waals surface area contributed by atoms with Crippen molar-refractivity contribution in [2.45, 2.75) is 33.6 Å². The fraction of sp³-hybridized carbons (Fsp3) is 0.700. The third-order valence-electron chi connectivity index (χ3n) is 3.56. The van der Waals surface area contributed by atoms with Crippen LogP contribution in [0.2, 0.25) is 0 Å². The number of carbonyl (C=O) groups excluding carboxylic acids is 1. The van der Waals surface area contributed by atoms with E-state index in [4.69, 9.17) is 11.6 Å². The van der Waals surface area contributed by atoms with Gasteiger partial charge in [-0.2, -0.15) is 0 Å². The van der Waals surface area contributed by atoms with Gasteiger partial charge in [-0.3, -0.25) is 4.79 Å². The second-order valence-corrected chi connectivity index (χ2v) is 4.85. The van der Waals surface area contributed by atoms with E-state index in [-0.39, 0.29) is 16.1 Å². The second-order valence-electron chi connectivity index (χ2n) is 4.50. The van der Waals surface area contributed by atoms with E-state index >= 15 is 0 Å². The molecule has 0 saturated heterocycles. The Morgan fingerprint density at radius 2 is 1.83 bits per heavy atom. The first-order valence-electron chi connectivity index (χ1n) is 4.35. The van der Waals surface area contributed by atoms with Crippen LogP contribution in [0, 0.1) is 10.8 Å². The molecule has 2 saturated carbocycles. The van der Waals surface area contributed by atoms with Crippen molar-refractivity contribution >= 4 is 16.8 Å². The molecule has 0 amide bonds. The summed E-state index contributed by atoms with van der Waals surface area (Å²) in [5.74, 6) is 0. The molecule has 0 bridgehead atoms. The largest absolute Gasteiger partial charge is 0.280 e. The molecule has 2 aliphatic carbocycles. The highest BCUT2D eigenvalue weighted by Gasteiger charge is 2.69. The predicted octanol–water partition coefficient (Wildman–Crippen LogP) is 2.89. The minimum atomic E-state index is -0.347. The molecular weight excluding hydrogens is 172 g/mol. The van der Waals surface area contributed by atoms with Crippen LogP contribution in [-0.4, -0.2) is 5.24 Å². The average molecular weight is 185 g/mol. The van der Waals surface area contributed by atoms with E-state index in [2.05, 4.69) is 13.8 Å². The zero-order valence-electron chi connectivity index (χ0n) is 7.70. The molecule has 1 unspecified atom stereocenters. The molecule has 66 valence electrons. The quantitative estimate of drug-likeness (QED) is 0.453. The Morgan fingerprint density at radius 1 is 1.33 bits per heavy atom. The summed E-state index contributed by atoms with van der Waals surface area (Å²) in [4.78, 5) is 11.2. The Morgan fingerprint density at radius 3 is 2.08 bits per heavy atom. The number of hydrogen-bond acceptors (Lipinski definition) is 1. The van der Waals surface area contributed by atoms with Crippen LogP contribution in [0.1, 0.15) is 33.6 Å². The van der Waals surface area contributed by atoms with Gasteiger partial charge in [0.05, 0.1) is 5.41 Å². The molecular formula is C10H13ClO. The van der Waals surface area contributed by atoms with E-state index in [9.17, 15) is 4.79 Å². The normalized spacial score (nSPS) is 36.7. The molecule has 2 aliphatic rings. The topological polar surface area (TPSA) is 17.1 Å². The molecule has 2 fully saturated rings. The van der Waals surface area contributed by atoms with Gasteiger partial charge in [0.25, 0.3) is 0 Å². The molecule has 2 heteroatoms. The zero-order chi connectivity index (χ0) is 9.15. The standard InChI is InChI=1S/C10H13ClO/c1-9(2)7(6-4-5-6)10(9,3)8(11)12/h4-5H2,1-3H3. The average Bonchev–Trinajstić information content (AvgIpc) is 2.75. The summed E-state index contributed by atoms with van der Waals surface area (Å²) < 4.78 is 0. The van der Waals surface area contributed by atoms with Crippen LogP contribution in [0.15, 0.2) is 11.1 Å². The van der Waals surface area contributed by atoms with Crippen molar-refractivity contribution in [3.05, 3.63) is 11.1 Å². The smallest absolute Gasteiger partial charge is 0.232 e. The molecule has 0 aliphatic heterocycles. The van der Waals surface area contributed by atoms with Crippen molar-refractivity contribution in [3.63, 3.8) is 0 Å². The van der Waals surface area contributed by atoms with Gasteiger partial charge in [-0.15, -0.1) is 0 Å². The lowest BCUT2D eigenvalue weighted by atomic mass is 10.0. The Labute approximate surface area is 77.8 Å². The van der Waals surface area contributed by atoms with Crippen LogP contribution >= 0.6 is 11.6 Å². The van der Waals surface area contributed by atoms with E-state index in [0.29, 0.717) is 0 Å². The first-order chi connectivity index (χ1) is 5.42. The number of hydrogen-bond donors (Lipinski definition) is 0. The summed E-state index contributed by atoms with van der Waals surface area (Å²) in [6.45, 7) is 6.17. The molecule has 0 aromatic heterocycles. The van der Waals surface area contributed by atoms with E-state index < -0.39 is 0 Å². The number of allylic oxidation sites excluding steroid dienone is 2. The van der Waals surface area contributed by atoms with Gasteiger partial charge >= 0.3 is 0 Å². The lowest BCUT2D eigenvalue weighted by Gasteiger charge is -2.05. The molecule has 0 spiro atoms. The maximum Gasteiger partial charge on any atom is 0.232 e. The van der Waals surface area contributed by atoms with Crippen LogP contribution in [0.5, 0.6) is 0 Å². The Kier molecular flexibility index (Phi) is 1.35. The minimum Gasteiger partial charge on any atom is -0.280 e. The molecule has 0 aromatic carbocycles. The van der Waals surface area contributed by atoms with E-state index in [0.717, 1.165) is 0 Å². The highest BCUT2D eigenvalue weighted by Crippen LogP contribution is 2.72. The fourth-order valence-corrected chi connectivity index (χ4v) is 2.63. The molecule has 12 heavy (non-hydrogen) atoms. The Bertz CT molecular complexity index is 295. The van der Waals surface area contributed by atoms with Gasteiger partial charge in [0.15, 0.2) is 0 Å². The van der Waals surface area contributed by atoms with Crippen LogP contribution in [0.25, 0.3) is 0 Å². The fourth-order valence-electron chi connectivity index (χ4n) is 2.30. The molecule has 0 heterocycles. The molecule has 1 atom stereocenters. The van der Waals surface area contributed by atoms with Crippen molar-refractivity contribution in [2.75, 3.05) is 0 Å². The van der Waals surface area contributed by atoms with Crippen LogP contribution in [0.3, 0.4) is 0 Å². The summed E-state index contributed by atoms with van der Waals surface area (Å²) >= 11 is 5.59. The molecule has 1 nitrogen and oxygen atoms in total. The summed E-state index contributed by atoms with van der Waals surface area (Å²) in [6.07, 6.45) is 2.36. The SMILES string of the molecule is CC1(C)C(=C2CC2)C1(C)C(=O)Cl. The number of rotatable bonds is 1. The monoisotopic (exact) mass is 184 g/mol. The third kappa shape index (κ3) is 0.731. The molecule has 0 radical (unpaired) electrons. The van der Waals surface area contributed by atoms with Gasteiger partial charge in [0.1, 0.15) is 0 Å². The minimum absolute atomic E-state index is 0.0255. The van der Waals surface area contributed by atoms with Gasteiger partial charge in [-0.25, -0.2) is 0 Å². The highest BCUT2D eigenvalue weighted by molar-refractivity contribution is 6.65. The molecule has 0 aromatic rings. The maximum absolute atomic E-state index is 11.2. The van der Waals surface area contributed by atoms with Crippen LogP contribution in [-0.2, 0) is 4.79 Å². The van der Waals surface area contributed by atoms with Crippen LogP contribution < -0.4 is 0 Å². The van der Waals surface area contributed by atoms with Crippen molar-refractivity contribution in [3.8, 4) is 0 Å². The van der Waals surface area contributed by atoms with Gasteiger partial charge in [0.2, 0.25) is 5.24 Å². The molecule has 0 N–H and O–H groups in total. The van der Waals surface area contributed by atoms with Crippen molar-refractivity contribution in [2.24, 2.45) is 10.8 Å². The summed E-state index contributed by atoms with van der Waals surface area (Å²) in [6, 6.07) is 0. The van der Waals surface area contributed by atoms with E-state index in [1.54, 1.807) is 0 Å². The van der Waals surface area contributed by atoms with E-state index in [1.807, 2.05) is 6.92 Å². The molecule has 2 rings (SSSR count). The lowest BCUT2D eigenvalue weighted by Crippen LogP contribution is -2.11. The number of halogens is 1. The number of carbonyl (C=O) groups is 1. The van der Waals surface area contributed by atoms with E-state index in [1.165, 1.54) is 24.0 Å². The Hall–Kier alpha value is -0.300. The van der Waals surface area contributed by atoms with Crippen molar-refractivity contribution in [1.29, 1.82) is 0 Å². The Balaban J connectivity index is 2.44. The maximum atomic E-state index is 11.2. The summed E-state index contributed by atoms with van der Waals surface area (Å²) in [5, 5.41) is -0.193. The van der Waals surface area contributed by atoms with Gasteiger partial charge in [-0.1, -0.05) is 19.4 Å². The van der Waals surface area contributed by atoms with Crippen molar-refractivity contribution < 1.29 is 4.79 Å². The lowest BCUT2D eigenvalue weighted by molar-refractivity contribution is -0.116. The highest BCUT2D eigenvalue weighted by atomic mass is 35.5. The van der Waals surface area contributed by atoms with Gasteiger partial charge in [0, 0.05) is 5.41 Å².